The van der Waals surface area contributed by atoms with E-state index in [-0.39, 0.29) is 11.5 Å². The van der Waals surface area contributed by atoms with Crippen LogP contribution in [0.3, 0.4) is 0 Å². The predicted molar refractivity (Wildman–Crippen MR) is 105 cm³/mol. The topological polar surface area (TPSA) is 50.4 Å². The Kier molecular flexibility index (Phi) is 4.90. The average Bonchev–Trinajstić information content (AvgIpc) is 3.01. The Morgan fingerprint density at radius 3 is 2.19 bits per heavy atom. The first-order valence-corrected chi connectivity index (χ1v) is 9.22. The molecule has 0 saturated heterocycles. The lowest BCUT2D eigenvalue weighted by atomic mass is 9.87. The van der Waals surface area contributed by atoms with Crippen molar-refractivity contribution in [3.05, 3.63) is 63.4 Å². The van der Waals surface area contributed by atoms with Crippen LogP contribution in [0.2, 0.25) is 0 Å². The maximum Gasteiger partial charge on any atom is 0.197 e. The summed E-state index contributed by atoms with van der Waals surface area (Å²) in [4.78, 5) is 13.6. The monoisotopic (exact) mass is 350 g/mol. The van der Waals surface area contributed by atoms with Crippen molar-refractivity contribution in [2.75, 3.05) is 0 Å². The number of fused-ring (bicyclic) bond motifs is 1. The maximum atomic E-state index is 13.6. The quantitative estimate of drug-likeness (QED) is 0.579. The first kappa shape index (κ1) is 18.2. The number of rotatable bonds is 5. The SMILES string of the molecule is CCCCc1oc2ccccc2c1C(=O)c1c(C)c(C)c(O)c(C)c1C. The average molecular weight is 350 g/mol. The fourth-order valence-electron chi connectivity index (χ4n) is 3.62. The summed E-state index contributed by atoms with van der Waals surface area (Å²) < 4.78 is 6.04. The Hall–Kier alpha value is -2.55. The lowest BCUT2D eigenvalue weighted by molar-refractivity contribution is 0.103. The van der Waals surface area contributed by atoms with Crippen molar-refractivity contribution in [1.82, 2.24) is 0 Å². The van der Waals surface area contributed by atoms with Crippen LogP contribution in [-0.2, 0) is 6.42 Å². The van der Waals surface area contributed by atoms with Crippen LogP contribution < -0.4 is 0 Å². The normalized spacial score (nSPS) is 11.3. The molecule has 0 saturated carbocycles. The highest BCUT2D eigenvalue weighted by molar-refractivity contribution is 6.18. The highest BCUT2D eigenvalue weighted by Crippen LogP contribution is 2.35. The molecule has 0 radical (unpaired) electrons. The Morgan fingerprint density at radius 1 is 0.962 bits per heavy atom. The van der Waals surface area contributed by atoms with Gasteiger partial charge in [0.25, 0.3) is 0 Å². The van der Waals surface area contributed by atoms with Gasteiger partial charge in [-0.25, -0.2) is 0 Å². The number of hydrogen-bond acceptors (Lipinski definition) is 3. The van der Waals surface area contributed by atoms with Gasteiger partial charge in [-0.05, 0) is 62.4 Å². The Balaban J connectivity index is 2.26. The van der Waals surface area contributed by atoms with Gasteiger partial charge in [0.2, 0.25) is 0 Å². The molecule has 0 aliphatic heterocycles. The molecule has 3 rings (SSSR count). The fraction of sp³-hybridized carbons (Fsp3) is 0.348. The van der Waals surface area contributed by atoms with Crippen LogP contribution in [0.15, 0.2) is 28.7 Å². The van der Waals surface area contributed by atoms with Gasteiger partial charge in [0.15, 0.2) is 5.78 Å². The maximum absolute atomic E-state index is 13.6. The number of carbonyl (C=O) groups excluding carboxylic acids is 1. The van der Waals surface area contributed by atoms with E-state index in [0.29, 0.717) is 11.1 Å². The van der Waals surface area contributed by atoms with Crippen LogP contribution >= 0.6 is 0 Å². The van der Waals surface area contributed by atoms with Crippen molar-refractivity contribution in [3.63, 3.8) is 0 Å². The highest BCUT2D eigenvalue weighted by Gasteiger charge is 2.26. The van der Waals surface area contributed by atoms with E-state index in [1.807, 2.05) is 52.0 Å². The number of furan rings is 1. The molecule has 0 spiro atoms. The van der Waals surface area contributed by atoms with Crippen molar-refractivity contribution < 1.29 is 14.3 Å². The van der Waals surface area contributed by atoms with E-state index >= 15 is 0 Å². The third-order valence-electron chi connectivity index (χ3n) is 5.47. The third kappa shape index (κ3) is 2.82. The standard InChI is InChI=1S/C23H26O3/c1-6-7-11-19-21(17-10-8-9-12-18(17)26-19)23(25)20-13(2)15(4)22(24)16(5)14(20)3/h8-10,12,24H,6-7,11H2,1-5H3. The molecule has 2 aromatic carbocycles. The summed E-state index contributed by atoms with van der Waals surface area (Å²) in [5, 5.41) is 11.2. The van der Waals surface area contributed by atoms with Crippen LogP contribution in [0.4, 0.5) is 0 Å². The number of aromatic hydroxyl groups is 1. The smallest absolute Gasteiger partial charge is 0.197 e. The summed E-state index contributed by atoms with van der Waals surface area (Å²) >= 11 is 0. The molecule has 3 aromatic rings. The molecule has 0 aliphatic carbocycles. The van der Waals surface area contributed by atoms with Gasteiger partial charge in [-0.1, -0.05) is 31.5 Å². The highest BCUT2D eigenvalue weighted by atomic mass is 16.3. The molecule has 3 heteroatoms. The first-order chi connectivity index (χ1) is 12.4. The molecule has 0 aliphatic rings. The minimum Gasteiger partial charge on any atom is -0.507 e. The molecule has 0 atom stereocenters. The van der Waals surface area contributed by atoms with Gasteiger partial charge in [0.1, 0.15) is 17.1 Å². The molecule has 1 N–H and O–H groups in total. The van der Waals surface area contributed by atoms with Gasteiger partial charge < -0.3 is 9.52 Å². The molecular weight excluding hydrogens is 324 g/mol. The van der Waals surface area contributed by atoms with Crippen molar-refractivity contribution in [1.29, 1.82) is 0 Å². The number of hydrogen-bond donors (Lipinski definition) is 1. The number of ketones is 1. The molecule has 3 nitrogen and oxygen atoms in total. The molecule has 0 unspecified atom stereocenters. The van der Waals surface area contributed by atoms with Crippen LogP contribution in [0.1, 0.15) is 63.7 Å². The van der Waals surface area contributed by atoms with Gasteiger partial charge in [-0.3, -0.25) is 4.79 Å². The minimum absolute atomic E-state index is 0.0118. The van der Waals surface area contributed by atoms with Crippen LogP contribution in [0.5, 0.6) is 5.75 Å². The molecule has 136 valence electrons. The van der Waals surface area contributed by atoms with E-state index in [9.17, 15) is 9.90 Å². The predicted octanol–water partition coefficient (Wildman–Crippen LogP) is 5.95. The van der Waals surface area contributed by atoms with Gasteiger partial charge in [-0.15, -0.1) is 0 Å². The van der Waals surface area contributed by atoms with Crippen LogP contribution in [0.25, 0.3) is 11.0 Å². The van der Waals surface area contributed by atoms with Gasteiger partial charge in [-0.2, -0.15) is 0 Å². The molecule has 0 fully saturated rings. The zero-order valence-corrected chi connectivity index (χ0v) is 16.2. The van der Waals surface area contributed by atoms with E-state index in [1.54, 1.807) is 0 Å². The lowest BCUT2D eigenvalue weighted by Gasteiger charge is -2.16. The summed E-state index contributed by atoms with van der Waals surface area (Å²) in [5.41, 5.74) is 5.31. The van der Waals surface area contributed by atoms with Crippen LogP contribution in [-0.4, -0.2) is 10.9 Å². The Labute approximate surface area is 154 Å². The van der Waals surface area contributed by atoms with E-state index in [1.165, 1.54) is 0 Å². The Morgan fingerprint density at radius 2 is 1.58 bits per heavy atom. The second kappa shape index (κ2) is 6.99. The van der Waals surface area contributed by atoms with Crippen LogP contribution in [0, 0.1) is 27.7 Å². The zero-order chi connectivity index (χ0) is 19.0. The summed E-state index contributed by atoms with van der Waals surface area (Å²) in [5.74, 6) is 1.03. The van der Waals surface area contributed by atoms with Crippen molar-refractivity contribution in [2.45, 2.75) is 53.9 Å². The van der Waals surface area contributed by atoms with Gasteiger partial charge in [0, 0.05) is 17.4 Å². The minimum atomic E-state index is -0.0118. The molecular formula is C23H26O3. The second-order valence-corrected chi connectivity index (χ2v) is 7.05. The van der Waals surface area contributed by atoms with E-state index in [2.05, 4.69) is 6.92 Å². The van der Waals surface area contributed by atoms with E-state index < -0.39 is 0 Å². The summed E-state index contributed by atoms with van der Waals surface area (Å²) in [6, 6.07) is 7.72. The summed E-state index contributed by atoms with van der Waals surface area (Å²) in [6.45, 7) is 9.66. The van der Waals surface area contributed by atoms with E-state index in [0.717, 1.165) is 58.2 Å². The number of benzene rings is 2. The fourth-order valence-corrected chi connectivity index (χ4v) is 3.62. The van der Waals surface area contributed by atoms with Crippen molar-refractivity contribution >= 4 is 16.8 Å². The number of aryl methyl sites for hydroxylation is 1. The molecule has 1 heterocycles. The molecule has 26 heavy (non-hydrogen) atoms. The van der Waals surface area contributed by atoms with Gasteiger partial charge in [0.05, 0.1) is 5.56 Å². The zero-order valence-electron chi connectivity index (χ0n) is 16.2. The Bertz CT molecular complexity index is 963. The first-order valence-electron chi connectivity index (χ1n) is 9.22. The number of para-hydroxylation sites is 1. The van der Waals surface area contributed by atoms with Crippen molar-refractivity contribution in [3.8, 4) is 5.75 Å². The molecule has 0 amide bonds. The number of carbonyl (C=O) groups is 1. The summed E-state index contributed by atoms with van der Waals surface area (Å²) in [7, 11) is 0. The van der Waals surface area contributed by atoms with Crippen molar-refractivity contribution in [2.24, 2.45) is 0 Å². The second-order valence-electron chi connectivity index (χ2n) is 7.05. The molecule has 0 bridgehead atoms. The van der Waals surface area contributed by atoms with E-state index in [4.69, 9.17) is 4.42 Å². The summed E-state index contributed by atoms with van der Waals surface area (Å²) in [6.07, 6.45) is 2.77. The third-order valence-corrected chi connectivity index (χ3v) is 5.47. The number of unbranched alkanes of at least 4 members (excludes halogenated alkanes) is 1. The van der Waals surface area contributed by atoms with Gasteiger partial charge >= 0.3 is 0 Å². The lowest BCUT2D eigenvalue weighted by Crippen LogP contribution is -2.11. The number of phenolic OH excluding ortho intramolecular Hbond substituents is 1. The largest absolute Gasteiger partial charge is 0.507 e. The number of phenols is 1. The molecule has 1 aromatic heterocycles.